The molecule has 3 aliphatic carbocycles. The largest absolute Gasteiger partial charge is 0.496 e. The van der Waals surface area contributed by atoms with Gasteiger partial charge in [0.1, 0.15) is 24.2 Å². The van der Waals surface area contributed by atoms with Gasteiger partial charge >= 0.3 is 11.9 Å². The van der Waals surface area contributed by atoms with E-state index in [-0.39, 0.29) is 59.1 Å². The second-order valence-corrected chi connectivity index (χ2v) is 12.7. The molecule has 238 valence electrons. The summed E-state index contributed by atoms with van der Waals surface area (Å²) in [4.78, 5) is 39.4. The molecule has 3 aliphatic rings. The second kappa shape index (κ2) is 12.9. The van der Waals surface area contributed by atoms with Crippen molar-refractivity contribution in [3.63, 3.8) is 0 Å². The van der Waals surface area contributed by atoms with Crippen LogP contribution in [0.4, 0.5) is 0 Å². The summed E-state index contributed by atoms with van der Waals surface area (Å²) in [7, 11) is 2.79. The summed E-state index contributed by atoms with van der Waals surface area (Å²) in [6, 6.07) is 18.8. The number of amides is 1. The highest BCUT2D eigenvalue weighted by atomic mass is 16.5. The fourth-order valence-electron chi connectivity index (χ4n) is 7.26. The van der Waals surface area contributed by atoms with Gasteiger partial charge in [-0.2, -0.15) is 5.26 Å². The van der Waals surface area contributed by atoms with Crippen LogP contribution in [0.5, 0.6) is 11.5 Å². The number of rotatable bonds is 9. The highest BCUT2D eigenvalue weighted by Crippen LogP contribution is 2.45. The minimum Gasteiger partial charge on any atom is -0.496 e. The minimum absolute atomic E-state index is 0.0250. The summed E-state index contributed by atoms with van der Waals surface area (Å²) < 4.78 is 22.7. The first kappa shape index (κ1) is 31.2. The fraction of sp³-hybridized carbons (Fsp3) is 0.405. The zero-order valence-electron chi connectivity index (χ0n) is 26.3. The quantitative estimate of drug-likeness (QED) is 0.232. The second-order valence-electron chi connectivity index (χ2n) is 12.7. The third kappa shape index (κ3) is 5.92. The maximum atomic E-state index is 13.6. The highest BCUT2D eigenvalue weighted by molar-refractivity contribution is 5.98. The lowest BCUT2D eigenvalue weighted by atomic mass is 9.74. The van der Waals surface area contributed by atoms with Crippen molar-refractivity contribution in [2.75, 3.05) is 14.2 Å². The van der Waals surface area contributed by atoms with Crippen LogP contribution in [0.3, 0.4) is 0 Å². The number of esters is 2. The van der Waals surface area contributed by atoms with Gasteiger partial charge in [0.25, 0.3) is 5.91 Å². The predicted molar refractivity (Wildman–Crippen MR) is 170 cm³/mol. The van der Waals surface area contributed by atoms with Crippen LogP contribution < -0.4 is 14.8 Å². The lowest BCUT2D eigenvalue weighted by Crippen LogP contribution is -2.46. The molecule has 3 aromatic carbocycles. The number of fused-ring (bicyclic) bond motifs is 3. The summed E-state index contributed by atoms with van der Waals surface area (Å²) in [6.07, 6.45) is 6.86. The number of nitrogens with one attached hydrogen (secondary N) is 1. The van der Waals surface area contributed by atoms with Gasteiger partial charge in [-0.1, -0.05) is 54.6 Å². The zero-order chi connectivity index (χ0) is 32.4. The maximum absolute atomic E-state index is 13.6. The standard InChI is InChI=1S/C37H38N2O7/c1-37(36(42)45-21-25-9-6-8-22-7-4-5-10-28(22)25)15-13-27(14-16-37)46-30-19-29(31(43-2)18-26(30)20-38)34(40)39-33-24-12-11-23(17-24)32(33)35(41)44-3/h4-12,18-19,23-24,27,32-33H,13-17,21H2,1-3H3,(H,39,40). The fourth-order valence-corrected chi connectivity index (χ4v) is 7.26. The van der Waals surface area contributed by atoms with E-state index in [4.69, 9.17) is 18.9 Å². The maximum Gasteiger partial charge on any atom is 0.312 e. The van der Waals surface area contributed by atoms with E-state index >= 15 is 0 Å². The normalized spacial score (nSPS) is 26.3. The van der Waals surface area contributed by atoms with Crippen molar-refractivity contribution in [3.8, 4) is 17.6 Å². The Morgan fingerprint density at radius 1 is 0.978 bits per heavy atom. The SMILES string of the molecule is COC(=O)C1C2C=CC(C2)C1NC(=O)c1cc(OC2CCC(C)(C(=O)OCc3cccc4ccccc34)CC2)c(C#N)cc1OC. The van der Waals surface area contributed by atoms with Crippen molar-refractivity contribution in [2.45, 2.75) is 57.8 Å². The van der Waals surface area contributed by atoms with Crippen molar-refractivity contribution in [1.29, 1.82) is 5.26 Å². The van der Waals surface area contributed by atoms with Gasteiger partial charge in [0.15, 0.2) is 0 Å². The Kier molecular flexibility index (Phi) is 8.72. The molecule has 0 aromatic heterocycles. The van der Waals surface area contributed by atoms with Gasteiger partial charge in [-0.15, -0.1) is 0 Å². The van der Waals surface area contributed by atoms with E-state index in [0.717, 1.165) is 22.8 Å². The third-order valence-corrected chi connectivity index (χ3v) is 9.96. The molecule has 1 amide bonds. The first-order chi connectivity index (χ1) is 22.2. The number of nitriles is 1. The van der Waals surface area contributed by atoms with Gasteiger partial charge in [0, 0.05) is 12.1 Å². The Labute approximate surface area is 268 Å². The molecular weight excluding hydrogens is 584 g/mol. The van der Waals surface area contributed by atoms with Gasteiger partial charge in [-0.05, 0) is 73.3 Å². The van der Waals surface area contributed by atoms with Crippen LogP contribution in [-0.2, 0) is 25.7 Å². The Bertz CT molecular complexity index is 1730. The van der Waals surface area contributed by atoms with Crippen molar-refractivity contribution in [2.24, 2.45) is 23.2 Å². The molecule has 9 heteroatoms. The van der Waals surface area contributed by atoms with Gasteiger partial charge in [-0.3, -0.25) is 14.4 Å². The van der Waals surface area contributed by atoms with Crippen LogP contribution in [0.25, 0.3) is 10.8 Å². The summed E-state index contributed by atoms with van der Waals surface area (Å²) in [5.41, 5.74) is 0.767. The van der Waals surface area contributed by atoms with E-state index < -0.39 is 23.3 Å². The van der Waals surface area contributed by atoms with Gasteiger partial charge in [0.05, 0.1) is 42.8 Å². The van der Waals surface area contributed by atoms with E-state index in [1.165, 1.54) is 26.4 Å². The number of hydrogen-bond donors (Lipinski definition) is 1. The summed E-state index contributed by atoms with van der Waals surface area (Å²) >= 11 is 0. The Morgan fingerprint density at radius 3 is 2.46 bits per heavy atom. The zero-order valence-corrected chi connectivity index (χ0v) is 26.3. The van der Waals surface area contributed by atoms with Crippen LogP contribution in [0, 0.1) is 34.5 Å². The molecular formula is C37H38N2O7. The number of carbonyl (C=O) groups excluding carboxylic acids is 3. The third-order valence-electron chi connectivity index (χ3n) is 9.96. The molecule has 9 nitrogen and oxygen atoms in total. The summed E-state index contributed by atoms with van der Waals surface area (Å²) in [5, 5.41) is 15.1. The first-order valence-corrected chi connectivity index (χ1v) is 15.7. The molecule has 2 bridgehead atoms. The van der Waals surface area contributed by atoms with Crippen LogP contribution in [0.2, 0.25) is 0 Å². The van der Waals surface area contributed by atoms with Crippen LogP contribution in [0.1, 0.15) is 60.5 Å². The number of allylic oxidation sites excluding steroid dienone is 1. The smallest absolute Gasteiger partial charge is 0.312 e. The molecule has 0 heterocycles. The number of nitrogens with zero attached hydrogens (tertiary/aromatic N) is 1. The number of benzene rings is 3. The Morgan fingerprint density at radius 2 is 1.72 bits per heavy atom. The van der Waals surface area contributed by atoms with E-state index in [9.17, 15) is 19.6 Å². The monoisotopic (exact) mass is 622 g/mol. The van der Waals surface area contributed by atoms with Crippen molar-refractivity contribution in [3.05, 3.63) is 83.4 Å². The minimum atomic E-state index is -0.654. The summed E-state index contributed by atoms with van der Waals surface area (Å²) in [6.45, 7) is 2.13. The van der Waals surface area contributed by atoms with E-state index in [0.29, 0.717) is 25.7 Å². The molecule has 0 aliphatic heterocycles. The van der Waals surface area contributed by atoms with Crippen molar-refractivity contribution in [1.82, 2.24) is 5.32 Å². The highest BCUT2D eigenvalue weighted by Gasteiger charge is 2.49. The molecule has 2 fully saturated rings. The molecule has 1 N–H and O–H groups in total. The molecule has 3 aromatic rings. The van der Waals surface area contributed by atoms with Gasteiger partial charge in [-0.25, -0.2) is 0 Å². The number of methoxy groups -OCH3 is 2. The Hall–Kier alpha value is -4.84. The summed E-state index contributed by atoms with van der Waals surface area (Å²) in [5.74, 6) is -0.890. The topological polar surface area (TPSA) is 124 Å². The molecule has 0 spiro atoms. The number of carbonyl (C=O) groups is 3. The van der Waals surface area contributed by atoms with Crippen LogP contribution >= 0.6 is 0 Å². The van der Waals surface area contributed by atoms with Crippen LogP contribution in [-0.4, -0.2) is 44.2 Å². The molecule has 0 radical (unpaired) electrons. The lowest BCUT2D eigenvalue weighted by molar-refractivity contribution is -0.159. The Balaban J connectivity index is 1.11. The predicted octanol–water partition coefficient (Wildman–Crippen LogP) is 5.88. The molecule has 4 atom stereocenters. The van der Waals surface area contributed by atoms with Crippen molar-refractivity contribution < 1.29 is 33.3 Å². The van der Waals surface area contributed by atoms with Gasteiger partial charge in [0.2, 0.25) is 0 Å². The lowest BCUT2D eigenvalue weighted by Gasteiger charge is -2.35. The van der Waals surface area contributed by atoms with E-state index in [1.54, 1.807) is 0 Å². The van der Waals surface area contributed by atoms with Gasteiger partial charge < -0.3 is 24.3 Å². The molecule has 2 saturated carbocycles. The molecule has 4 unspecified atom stereocenters. The first-order valence-electron chi connectivity index (χ1n) is 15.7. The van der Waals surface area contributed by atoms with E-state index in [1.807, 2.05) is 61.5 Å². The van der Waals surface area contributed by atoms with E-state index in [2.05, 4.69) is 11.4 Å². The average molecular weight is 623 g/mol. The molecule has 0 saturated heterocycles. The van der Waals surface area contributed by atoms with Crippen LogP contribution in [0.15, 0.2) is 66.7 Å². The molecule has 46 heavy (non-hydrogen) atoms. The average Bonchev–Trinajstić information content (AvgIpc) is 3.70. The number of hydrogen-bond acceptors (Lipinski definition) is 8. The number of ether oxygens (including phenoxy) is 4. The molecule has 6 rings (SSSR count). The van der Waals surface area contributed by atoms with Crippen molar-refractivity contribution >= 4 is 28.6 Å².